The second kappa shape index (κ2) is 11.1. The van der Waals surface area contributed by atoms with E-state index in [9.17, 15) is 96.4 Å². The van der Waals surface area contributed by atoms with E-state index < -0.39 is 80.2 Å². The molecular formula is C16H4F19NaO4S. The molecule has 4 nitrogen and oxygen atoms in total. The van der Waals surface area contributed by atoms with Gasteiger partial charge in [0.1, 0.15) is 15.9 Å². The predicted molar refractivity (Wildman–Crippen MR) is 85.0 cm³/mol. The van der Waals surface area contributed by atoms with Crippen LogP contribution in [0.3, 0.4) is 0 Å². The van der Waals surface area contributed by atoms with Gasteiger partial charge in [-0.05, 0) is 24.3 Å². The van der Waals surface area contributed by atoms with Gasteiger partial charge in [0.05, 0.1) is 4.90 Å². The first kappa shape index (κ1) is 39.3. The fraction of sp³-hybridized carbons (Fsp3) is 0.500. The molecule has 1 rings (SSSR count). The van der Waals surface area contributed by atoms with Crippen molar-refractivity contribution in [3.8, 4) is 5.75 Å². The van der Waals surface area contributed by atoms with Crippen molar-refractivity contribution in [3.05, 3.63) is 36.2 Å². The Labute approximate surface area is 235 Å². The van der Waals surface area contributed by atoms with Gasteiger partial charge in [-0.2, -0.15) is 83.4 Å². The summed E-state index contributed by atoms with van der Waals surface area (Å²) in [5.41, 5.74) is 0. The molecule has 0 N–H and O–H groups in total. The van der Waals surface area contributed by atoms with Crippen LogP contribution in [0.2, 0.25) is 0 Å². The zero-order chi connectivity index (χ0) is 32.3. The maximum atomic E-state index is 13.8. The number of alkyl halides is 16. The monoisotopic (exact) mass is 676 g/mol. The van der Waals surface area contributed by atoms with Crippen LogP contribution in [0.5, 0.6) is 5.75 Å². The summed E-state index contributed by atoms with van der Waals surface area (Å²) >= 11 is 0. The van der Waals surface area contributed by atoms with Crippen LogP contribution in [0.25, 0.3) is 0 Å². The SMILES string of the molecule is O=S(=O)([O-])c1ccc(OC(F)(F)C(F)(F)C(F)(F)C(F)(F)C(F)(F)C(F)(F)C(F)(F)C(F)(F)C(F)=C(F)F)cc1.[Na+]. The quantitative estimate of drug-likeness (QED) is 0.202. The maximum absolute atomic E-state index is 13.8. The van der Waals surface area contributed by atoms with Crippen molar-refractivity contribution in [2.45, 2.75) is 52.5 Å². The number of ether oxygens (including phenoxy) is 1. The van der Waals surface area contributed by atoms with Gasteiger partial charge < -0.3 is 9.29 Å². The molecule has 25 heteroatoms. The van der Waals surface area contributed by atoms with Crippen molar-refractivity contribution in [2.75, 3.05) is 0 Å². The molecule has 0 spiro atoms. The Morgan fingerprint density at radius 2 is 0.902 bits per heavy atom. The molecule has 1 aromatic rings. The average molecular weight is 676 g/mol. The summed E-state index contributed by atoms with van der Waals surface area (Å²) < 4.78 is 288. The number of hydrogen-bond donors (Lipinski definition) is 0. The van der Waals surface area contributed by atoms with E-state index in [-0.39, 0.29) is 53.8 Å². The fourth-order valence-corrected chi connectivity index (χ4v) is 2.78. The van der Waals surface area contributed by atoms with E-state index in [0.29, 0.717) is 0 Å². The molecule has 0 saturated carbocycles. The normalized spacial score (nSPS) is 14.8. The molecule has 0 aliphatic heterocycles. The van der Waals surface area contributed by atoms with Crippen molar-refractivity contribution in [3.63, 3.8) is 0 Å². The van der Waals surface area contributed by atoms with Crippen molar-refractivity contribution in [2.24, 2.45) is 0 Å². The average Bonchev–Trinajstić information content (AvgIpc) is 2.76. The summed E-state index contributed by atoms with van der Waals surface area (Å²) in [5.74, 6) is -67.1. The number of rotatable bonds is 11. The van der Waals surface area contributed by atoms with Gasteiger partial charge in [-0.3, -0.25) is 0 Å². The third kappa shape index (κ3) is 5.94. The van der Waals surface area contributed by atoms with Crippen LogP contribution in [0.15, 0.2) is 41.1 Å². The van der Waals surface area contributed by atoms with Crippen LogP contribution in [-0.4, -0.2) is 60.5 Å². The van der Waals surface area contributed by atoms with E-state index in [1.807, 2.05) is 0 Å². The van der Waals surface area contributed by atoms with Gasteiger partial charge in [-0.15, -0.1) is 0 Å². The molecule has 0 amide bonds. The third-order valence-electron chi connectivity index (χ3n) is 4.53. The molecule has 0 aromatic heterocycles. The molecule has 41 heavy (non-hydrogen) atoms. The molecule has 0 heterocycles. The van der Waals surface area contributed by atoms with E-state index >= 15 is 0 Å². The van der Waals surface area contributed by atoms with Gasteiger partial charge in [-0.1, -0.05) is 0 Å². The molecule has 1 aromatic carbocycles. The predicted octanol–water partition coefficient (Wildman–Crippen LogP) is 4.09. The Kier molecular flexibility index (Phi) is 10.7. The van der Waals surface area contributed by atoms with Gasteiger partial charge >= 0.3 is 83.2 Å². The Hall–Kier alpha value is -1.66. The molecule has 0 saturated heterocycles. The molecule has 0 aliphatic rings. The van der Waals surface area contributed by atoms with Crippen LogP contribution in [0.4, 0.5) is 83.4 Å². The maximum Gasteiger partial charge on any atom is 1.00 e. The Bertz CT molecular complexity index is 1240. The van der Waals surface area contributed by atoms with Crippen LogP contribution < -0.4 is 34.3 Å². The van der Waals surface area contributed by atoms with Crippen molar-refractivity contribution < 1.29 is 131 Å². The van der Waals surface area contributed by atoms with Gasteiger partial charge in [0.15, 0.2) is 0 Å². The zero-order valence-electron chi connectivity index (χ0n) is 18.5. The molecule has 0 bridgehead atoms. The first-order valence-corrected chi connectivity index (χ1v) is 10.2. The summed E-state index contributed by atoms with van der Waals surface area (Å²) in [6, 6.07) is -0.544. The topological polar surface area (TPSA) is 66.4 Å². The number of allylic oxidation sites excluding steroid dienone is 1. The standard InChI is InChI=1S/C16H5F19O4S.Na/c17-7(8(18)19)9(20,21)10(22,23)11(24,25)12(26,27)13(28,29)14(30,31)15(32,33)16(34,35)39-5-1-3-6(4-2-5)40(36,37)38;/h1-4H,(H,36,37,38);/q;+1/p-1. The van der Waals surface area contributed by atoms with Gasteiger partial charge in [0.2, 0.25) is 5.83 Å². The van der Waals surface area contributed by atoms with Gasteiger partial charge in [0.25, 0.3) is 0 Å². The third-order valence-corrected chi connectivity index (χ3v) is 5.38. The molecule has 0 radical (unpaired) electrons. The zero-order valence-corrected chi connectivity index (χ0v) is 21.3. The van der Waals surface area contributed by atoms with Gasteiger partial charge in [0, 0.05) is 0 Å². The van der Waals surface area contributed by atoms with Crippen molar-refractivity contribution in [1.82, 2.24) is 0 Å². The number of benzene rings is 1. The fourth-order valence-electron chi connectivity index (χ4n) is 2.31. The van der Waals surface area contributed by atoms with Crippen molar-refractivity contribution >= 4 is 10.1 Å². The van der Waals surface area contributed by atoms with Crippen molar-refractivity contribution in [1.29, 1.82) is 0 Å². The number of halogens is 19. The molecule has 0 unspecified atom stereocenters. The minimum Gasteiger partial charge on any atom is -0.744 e. The van der Waals surface area contributed by atoms with E-state index in [4.69, 9.17) is 0 Å². The van der Waals surface area contributed by atoms with E-state index in [1.165, 1.54) is 0 Å². The van der Waals surface area contributed by atoms with Crippen LogP contribution in [0.1, 0.15) is 0 Å². The Balaban J connectivity index is 0.0000160. The molecule has 0 atom stereocenters. The summed E-state index contributed by atoms with van der Waals surface area (Å²) in [6.45, 7) is 0. The number of hydrogen-bond acceptors (Lipinski definition) is 4. The minimum absolute atomic E-state index is 0. The summed E-state index contributed by atoms with van der Waals surface area (Å²) in [4.78, 5) is -1.34. The second-order valence-corrected chi connectivity index (χ2v) is 8.52. The molecule has 232 valence electrons. The molecule has 0 fully saturated rings. The second-order valence-electron chi connectivity index (χ2n) is 7.14. The van der Waals surface area contributed by atoms with E-state index in [2.05, 4.69) is 4.74 Å². The Morgan fingerprint density at radius 1 is 0.585 bits per heavy atom. The largest absolute Gasteiger partial charge is 1.00 e. The molecule has 0 aliphatic carbocycles. The smallest absolute Gasteiger partial charge is 0.744 e. The summed E-state index contributed by atoms with van der Waals surface area (Å²) in [7, 11) is -5.39. The van der Waals surface area contributed by atoms with E-state index in [1.54, 1.807) is 0 Å². The van der Waals surface area contributed by atoms with Crippen LogP contribution in [0, 0.1) is 0 Å². The Morgan fingerprint density at radius 3 is 1.22 bits per heavy atom. The summed E-state index contributed by atoms with van der Waals surface area (Å²) in [6.07, 6.45) is -11.9. The minimum atomic E-state index is -8.99. The first-order valence-electron chi connectivity index (χ1n) is 8.77. The van der Waals surface area contributed by atoms with Gasteiger partial charge in [-0.25, -0.2) is 8.42 Å². The van der Waals surface area contributed by atoms with Crippen LogP contribution >= 0.6 is 0 Å². The van der Waals surface area contributed by atoms with Crippen LogP contribution in [-0.2, 0) is 10.1 Å². The summed E-state index contributed by atoms with van der Waals surface area (Å²) in [5, 5.41) is 0. The first-order chi connectivity index (χ1) is 17.3. The molecular weight excluding hydrogens is 672 g/mol. The van der Waals surface area contributed by atoms with E-state index in [0.717, 1.165) is 0 Å².